The maximum Gasteiger partial charge on any atom is 0.267 e. The fourth-order valence-electron chi connectivity index (χ4n) is 3.57. The summed E-state index contributed by atoms with van der Waals surface area (Å²) in [5.74, 6) is -1.76. The molecular formula is C23H18FNO3. The van der Waals surface area contributed by atoms with E-state index in [0.29, 0.717) is 5.69 Å². The van der Waals surface area contributed by atoms with Gasteiger partial charge in [0.1, 0.15) is 0 Å². The van der Waals surface area contributed by atoms with Crippen LogP contribution in [0.25, 0.3) is 0 Å². The minimum absolute atomic E-state index is 0.104. The molecule has 140 valence electrons. The van der Waals surface area contributed by atoms with E-state index >= 15 is 4.39 Å². The molecule has 0 aliphatic carbocycles. The number of alkyl halides is 1. The van der Waals surface area contributed by atoms with Crippen LogP contribution < -0.4 is 4.90 Å². The number of amides is 1. The molecular weight excluding hydrogens is 357 g/mol. The van der Waals surface area contributed by atoms with Gasteiger partial charge in [0.25, 0.3) is 5.91 Å². The second-order valence-electron chi connectivity index (χ2n) is 6.75. The number of nitrogens with zero attached hydrogens (tertiary/aromatic N) is 1. The van der Waals surface area contributed by atoms with Gasteiger partial charge < -0.3 is 10.0 Å². The second-order valence-corrected chi connectivity index (χ2v) is 6.75. The number of benzene rings is 3. The lowest BCUT2D eigenvalue weighted by Gasteiger charge is -2.26. The molecule has 1 amide bonds. The Balaban J connectivity index is 1.74. The van der Waals surface area contributed by atoms with Gasteiger partial charge in [-0.3, -0.25) is 9.59 Å². The molecule has 3 aromatic rings. The lowest BCUT2D eigenvalue weighted by Crippen LogP contribution is -2.49. The maximum absolute atomic E-state index is 15.4. The standard InChI is InChI=1S/C23H18FNO3/c24-21(20(26)17-11-5-2-6-12-17)23(28)18-13-7-8-14-19(18)25(22(23)27)15-16-9-3-1-4-10-16/h1-14,21,28H,15H2/t21-,23-/m1/s1. The molecule has 0 bridgehead atoms. The summed E-state index contributed by atoms with van der Waals surface area (Å²) in [6, 6.07) is 23.5. The molecule has 5 heteroatoms. The van der Waals surface area contributed by atoms with Gasteiger partial charge >= 0.3 is 0 Å². The Morgan fingerprint density at radius 3 is 2.18 bits per heavy atom. The van der Waals surface area contributed by atoms with Crippen molar-refractivity contribution in [1.29, 1.82) is 0 Å². The van der Waals surface area contributed by atoms with Crippen molar-refractivity contribution in [2.24, 2.45) is 0 Å². The molecule has 4 rings (SSSR count). The summed E-state index contributed by atoms with van der Waals surface area (Å²) in [6.45, 7) is 0.172. The molecule has 28 heavy (non-hydrogen) atoms. The summed E-state index contributed by atoms with van der Waals surface area (Å²) >= 11 is 0. The first-order chi connectivity index (χ1) is 13.5. The highest BCUT2D eigenvalue weighted by Crippen LogP contribution is 2.44. The Labute approximate surface area is 161 Å². The third-order valence-electron chi connectivity index (χ3n) is 5.02. The average Bonchev–Trinajstić information content (AvgIpc) is 2.97. The predicted molar refractivity (Wildman–Crippen MR) is 104 cm³/mol. The zero-order valence-electron chi connectivity index (χ0n) is 15.0. The molecule has 0 saturated carbocycles. The Hall–Kier alpha value is -3.31. The number of para-hydroxylation sites is 1. The van der Waals surface area contributed by atoms with Crippen LogP contribution in [0.1, 0.15) is 21.5 Å². The number of rotatable bonds is 5. The lowest BCUT2D eigenvalue weighted by atomic mass is 9.86. The molecule has 1 aliphatic rings. The van der Waals surface area contributed by atoms with E-state index in [9.17, 15) is 14.7 Å². The topological polar surface area (TPSA) is 57.6 Å². The van der Waals surface area contributed by atoms with Crippen molar-refractivity contribution in [2.45, 2.75) is 18.3 Å². The quantitative estimate of drug-likeness (QED) is 0.693. The normalized spacial score (nSPS) is 19.4. The van der Waals surface area contributed by atoms with E-state index in [1.807, 2.05) is 30.3 Å². The van der Waals surface area contributed by atoms with Gasteiger partial charge in [0.15, 0.2) is 0 Å². The van der Waals surface area contributed by atoms with E-state index in [4.69, 9.17) is 0 Å². The van der Waals surface area contributed by atoms with Gasteiger partial charge in [0.2, 0.25) is 17.6 Å². The Morgan fingerprint density at radius 1 is 0.929 bits per heavy atom. The monoisotopic (exact) mass is 375 g/mol. The highest BCUT2D eigenvalue weighted by molar-refractivity contribution is 6.12. The van der Waals surface area contributed by atoms with E-state index in [-0.39, 0.29) is 17.7 Å². The predicted octanol–water partition coefficient (Wildman–Crippen LogP) is 3.64. The van der Waals surface area contributed by atoms with Gasteiger partial charge in [-0.05, 0) is 11.6 Å². The van der Waals surface area contributed by atoms with Gasteiger partial charge in [-0.1, -0.05) is 78.9 Å². The number of hydrogen-bond acceptors (Lipinski definition) is 3. The van der Waals surface area contributed by atoms with Gasteiger partial charge in [0.05, 0.1) is 12.2 Å². The van der Waals surface area contributed by atoms with Crippen LogP contribution in [0.5, 0.6) is 0 Å². The molecule has 0 radical (unpaired) electrons. The van der Waals surface area contributed by atoms with Crippen LogP contribution >= 0.6 is 0 Å². The summed E-state index contributed by atoms with van der Waals surface area (Å²) in [7, 11) is 0. The third-order valence-corrected chi connectivity index (χ3v) is 5.02. The van der Waals surface area contributed by atoms with E-state index in [1.165, 1.54) is 23.1 Å². The summed E-state index contributed by atoms with van der Waals surface area (Å²) in [5.41, 5.74) is -1.11. The highest BCUT2D eigenvalue weighted by atomic mass is 19.1. The fourth-order valence-corrected chi connectivity index (χ4v) is 3.57. The first-order valence-electron chi connectivity index (χ1n) is 8.94. The van der Waals surface area contributed by atoms with E-state index in [1.54, 1.807) is 36.4 Å². The van der Waals surface area contributed by atoms with Crippen molar-refractivity contribution in [3.8, 4) is 0 Å². The second kappa shape index (κ2) is 7.02. The SMILES string of the molecule is O=C(c1ccccc1)[C@@H](F)[C@@]1(O)C(=O)N(Cc2ccccc2)c2ccccc21. The number of carbonyl (C=O) groups excluding carboxylic acids is 2. The van der Waals surface area contributed by atoms with E-state index in [0.717, 1.165) is 5.56 Å². The van der Waals surface area contributed by atoms with E-state index in [2.05, 4.69) is 0 Å². The number of carbonyl (C=O) groups is 2. The lowest BCUT2D eigenvalue weighted by molar-refractivity contribution is -0.141. The third kappa shape index (κ3) is 2.80. The number of ketones is 1. The first kappa shape index (κ1) is 18.1. The molecule has 0 fully saturated rings. The van der Waals surface area contributed by atoms with Gasteiger partial charge in [-0.25, -0.2) is 4.39 Å². The van der Waals surface area contributed by atoms with Crippen LogP contribution in [-0.2, 0) is 16.9 Å². The number of aliphatic hydroxyl groups is 1. The van der Waals surface area contributed by atoms with Crippen molar-refractivity contribution in [3.63, 3.8) is 0 Å². The van der Waals surface area contributed by atoms with Gasteiger partial charge in [-0.15, -0.1) is 0 Å². The van der Waals surface area contributed by atoms with Crippen molar-refractivity contribution >= 4 is 17.4 Å². The first-order valence-corrected chi connectivity index (χ1v) is 8.94. The minimum atomic E-state index is -2.56. The molecule has 0 spiro atoms. The number of fused-ring (bicyclic) bond motifs is 1. The van der Waals surface area contributed by atoms with Crippen molar-refractivity contribution in [1.82, 2.24) is 0 Å². The maximum atomic E-state index is 15.4. The highest BCUT2D eigenvalue weighted by Gasteiger charge is 2.57. The van der Waals surface area contributed by atoms with Gasteiger partial charge in [0, 0.05) is 11.1 Å². The van der Waals surface area contributed by atoms with Gasteiger partial charge in [-0.2, -0.15) is 0 Å². The zero-order valence-corrected chi connectivity index (χ0v) is 15.0. The molecule has 2 atom stereocenters. The van der Waals surface area contributed by atoms with Crippen molar-refractivity contribution in [3.05, 3.63) is 102 Å². The minimum Gasteiger partial charge on any atom is -0.373 e. The smallest absolute Gasteiger partial charge is 0.267 e. The Bertz CT molecular complexity index is 1020. The molecule has 1 aliphatic heterocycles. The van der Waals surface area contributed by atoms with E-state index < -0.39 is 23.5 Å². The number of halogens is 1. The largest absolute Gasteiger partial charge is 0.373 e. The molecule has 0 unspecified atom stereocenters. The van der Waals surface area contributed by atoms with Crippen LogP contribution in [0.3, 0.4) is 0 Å². The Morgan fingerprint density at radius 2 is 1.50 bits per heavy atom. The molecule has 1 N–H and O–H groups in total. The Kier molecular flexibility index (Phi) is 4.53. The summed E-state index contributed by atoms with van der Waals surface area (Å²) in [5, 5.41) is 11.2. The molecule has 0 aromatic heterocycles. The zero-order chi connectivity index (χ0) is 19.7. The number of hydrogen-bond donors (Lipinski definition) is 1. The van der Waals surface area contributed by atoms with Crippen molar-refractivity contribution in [2.75, 3.05) is 4.90 Å². The van der Waals surface area contributed by atoms with Crippen LogP contribution in [-0.4, -0.2) is 23.0 Å². The van der Waals surface area contributed by atoms with Crippen LogP contribution in [0.2, 0.25) is 0 Å². The fraction of sp³-hybridized carbons (Fsp3) is 0.130. The number of anilines is 1. The molecule has 3 aromatic carbocycles. The van der Waals surface area contributed by atoms with Crippen molar-refractivity contribution < 1.29 is 19.1 Å². The molecule has 1 heterocycles. The summed E-state index contributed by atoms with van der Waals surface area (Å²) in [6.07, 6.45) is -2.41. The average molecular weight is 375 g/mol. The van der Waals surface area contributed by atoms with Crippen LogP contribution in [0.4, 0.5) is 10.1 Å². The molecule has 0 saturated heterocycles. The van der Waals surface area contributed by atoms with Crippen LogP contribution in [0, 0.1) is 0 Å². The molecule has 4 nitrogen and oxygen atoms in total. The summed E-state index contributed by atoms with van der Waals surface area (Å²) < 4.78 is 15.4. The summed E-state index contributed by atoms with van der Waals surface area (Å²) in [4.78, 5) is 27.1. The van der Waals surface area contributed by atoms with Crippen LogP contribution in [0.15, 0.2) is 84.9 Å². The number of Topliss-reactive ketones (excluding diaryl/α,β-unsaturated/α-hetero) is 1.